The zero-order valence-corrected chi connectivity index (χ0v) is 8.84. The Bertz CT molecular complexity index is 409. The fraction of sp³-hybridized carbons (Fsp3) is 0.200. The van der Waals surface area contributed by atoms with Gasteiger partial charge in [0.25, 0.3) is 0 Å². The first kappa shape index (κ1) is 10.8. The molecular formula is C10H13NO2S. The Balaban J connectivity index is 2.74. The van der Waals surface area contributed by atoms with E-state index in [1.165, 1.54) is 0 Å². The molecule has 0 saturated heterocycles. The zero-order chi connectivity index (χ0) is 10.6. The first-order valence-corrected chi connectivity index (χ1v) is 5.85. The highest BCUT2D eigenvalue weighted by Crippen LogP contribution is 2.04. The average molecular weight is 211 g/mol. The van der Waals surface area contributed by atoms with E-state index in [0.717, 1.165) is 5.56 Å². The molecule has 0 unspecified atom stereocenters. The summed E-state index contributed by atoms with van der Waals surface area (Å²) in [4.78, 5) is 0. The van der Waals surface area contributed by atoms with Crippen molar-refractivity contribution in [1.82, 2.24) is 4.72 Å². The lowest BCUT2D eigenvalue weighted by Gasteiger charge is -2.06. The molecule has 0 amide bonds. The highest BCUT2D eigenvalue weighted by Gasteiger charge is 2.09. The SMILES string of the molecule is C=C(C)NS(=O)(=O)Cc1ccccc1. The lowest BCUT2D eigenvalue weighted by atomic mass is 10.2. The van der Waals surface area contributed by atoms with Crippen molar-refractivity contribution in [3.63, 3.8) is 0 Å². The van der Waals surface area contributed by atoms with Crippen LogP contribution in [0.3, 0.4) is 0 Å². The Kier molecular flexibility index (Phi) is 3.30. The third-order valence-electron chi connectivity index (χ3n) is 1.53. The zero-order valence-electron chi connectivity index (χ0n) is 8.03. The molecule has 0 spiro atoms. The molecule has 1 N–H and O–H groups in total. The summed E-state index contributed by atoms with van der Waals surface area (Å²) in [5.74, 6) is -0.0132. The standard InChI is InChI=1S/C10H13NO2S/c1-9(2)11-14(12,13)8-10-6-4-3-5-7-10/h3-7,11H,1,8H2,2H3. The Morgan fingerprint density at radius 3 is 2.43 bits per heavy atom. The quantitative estimate of drug-likeness (QED) is 0.823. The number of hydrogen-bond acceptors (Lipinski definition) is 2. The predicted molar refractivity (Wildman–Crippen MR) is 57.0 cm³/mol. The van der Waals surface area contributed by atoms with Gasteiger partial charge in [-0.15, -0.1) is 0 Å². The van der Waals surface area contributed by atoms with Gasteiger partial charge in [-0.1, -0.05) is 36.9 Å². The molecule has 3 nitrogen and oxygen atoms in total. The highest BCUT2D eigenvalue weighted by atomic mass is 32.2. The van der Waals surface area contributed by atoms with Crippen LogP contribution in [-0.4, -0.2) is 8.42 Å². The largest absolute Gasteiger partial charge is 0.288 e. The maximum absolute atomic E-state index is 11.4. The first-order chi connectivity index (χ1) is 6.49. The lowest BCUT2D eigenvalue weighted by molar-refractivity contribution is 0.588. The maximum Gasteiger partial charge on any atom is 0.236 e. The van der Waals surface area contributed by atoms with E-state index in [0.29, 0.717) is 5.70 Å². The van der Waals surface area contributed by atoms with Crippen molar-refractivity contribution < 1.29 is 8.42 Å². The van der Waals surface area contributed by atoms with Crippen molar-refractivity contribution in [2.24, 2.45) is 0 Å². The molecule has 0 bridgehead atoms. The summed E-state index contributed by atoms with van der Waals surface area (Å²) in [6.45, 7) is 5.11. The molecule has 0 aliphatic rings. The molecule has 0 aliphatic carbocycles. The van der Waals surface area contributed by atoms with Gasteiger partial charge < -0.3 is 0 Å². The number of allylic oxidation sites excluding steroid dienone is 1. The molecule has 0 atom stereocenters. The molecule has 14 heavy (non-hydrogen) atoms. The minimum Gasteiger partial charge on any atom is -0.288 e. The molecule has 76 valence electrons. The Hall–Kier alpha value is -1.29. The van der Waals surface area contributed by atoms with Crippen LogP contribution in [0.2, 0.25) is 0 Å². The van der Waals surface area contributed by atoms with Gasteiger partial charge in [-0.3, -0.25) is 4.72 Å². The topological polar surface area (TPSA) is 46.2 Å². The van der Waals surface area contributed by atoms with Gasteiger partial charge in [-0.2, -0.15) is 0 Å². The van der Waals surface area contributed by atoms with Crippen LogP contribution < -0.4 is 4.72 Å². The Labute approximate surface area is 84.5 Å². The van der Waals surface area contributed by atoms with Gasteiger partial charge in [0.05, 0.1) is 5.75 Å². The van der Waals surface area contributed by atoms with E-state index >= 15 is 0 Å². The number of rotatable bonds is 4. The number of benzene rings is 1. The van der Waals surface area contributed by atoms with E-state index < -0.39 is 10.0 Å². The van der Waals surface area contributed by atoms with Crippen LogP contribution in [0.1, 0.15) is 12.5 Å². The van der Waals surface area contributed by atoms with E-state index in [1.54, 1.807) is 19.1 Å². The fourth-order valence-electron chi connectivity index (χ4n) is 1.10. The summed E-state index contributed by atoms with van der Waals surface area (Å²) < 4.78 is 25.2. The molecule has 0 aromatic heterocycles. The normalized spacial score (nSPS) is 10.9. The van der Waals surface area contributed by atoms with Gasteiger partial charge >= 0.3 is 0 Å². The van der Waals surface area contributed by atoms with Gasteiger partial charge in [0.2, 0.25) is 10.0 Å². The fourth-order valence-corrected chi connectivity index (χ4v) is 2.33. The van der Waals surface area contributed by atoms with Gasteiger partial charge in [0.1, 0.15) is 0 Å². The number of nitrogens with one attached hydrogen (secondary N) is 1. The third-order valence-corrected chi connectivity index (χ3v) is 2.90. The van der Waals surface area contributed by atoms with Crippen LogP contribution in [0, 0.1) is 0 Å². The van der Waals surface area contributed by atoms with E-state index in [4.69, 9.17) is 0 Å². The molecule has 0 aliphatic heterocycles. The van der Waals surface area contributed by atoms with Crippen LogP contribution in [0.25, 0.3) is 0 Å². The van der Waals surface area contributed by atoms with Gasteiger partial charge in [-0.05, 0) is 12.5 Å². The predicted octanol–water partition coefficient (Wildman–Crippen LogP) is 1.64. The number of hydrogen-bond donors (Lipinski definition) is 1. The molecule has 0 radical (unpaired) electrons. The monoisotopic (exact) mass is 211 g/mol. The molecule has 1 aromatic carbocycles. The summed E-state index contributed by atoms with van der Waals surface area (Å²) in [5, 5.41) is 0. The molecule has 0 saturated carbocycles. The molecule has 0 heterocycles. The second kappa shape index (κ2) is 4.28. The maximum atomic E-state index is 11.4. The Morgan fingerprint density at radius 2 is 1.93 bits per heavy atom. The van der Waals surface area contributed by atoms with Crippen LogP contribution >= 0.6 is 0 Å². The second-order valence-corrected chi connectivity index (χ2v) is 4.85. The van der Waals surface area contributed by atoms with Crippen LogP contribution in [0.5, 0.6) is 0 Å². The summed E-state index contributed by atoms with van der Waals surface area (Å²) >= 11 is 0. The van der Waals surface area contributed by atoms with E-state index in [2.05, 4.69) is 11.3 Å². The Morgan fingerprint density at radius 1 is 1.36 bits per heavy atom. The van der Waals surface area contributed by atoms with E-state index in [1.807, 2.05) is 18.2 Å². The highest BCUT2D eigenvalue weighted by molar-refractivity contribution is 7.88. The minimum absolute atomic E-state index is 0.0132. The number of sulfonamides is 1. The summed E-state index contributed by atoms with van der Waals surface area (Å²) in [6.07, 6.45) is 0. The molecule has 1 aromatic rings. The molecule has 0 fully saturated rings. The van der Waals surface area contributed by atoms with Crippen LogP contribution in [0.4, 0.5) is 0 Å². The average Bonchev–Trinajstić information content (AvgIpc) is 2.02. The first-order valence-electron chi connectivity index (χ1n) is 4.19. The summed E-state index contributed by atoms with van der Waals surface area (Å²) in [7, 11) is -3.28. The minimum atomic E-state index is -3.28. The van der Waals surface area contributed by atoms with Crippen LogP contribution in [0.15, 0.2) is 42.6 Å². The molecule has 4 heteroatoms. The van der Waals surface area contributed by atoms with Gasteiger partial charge in [0, 0.05) is 5.70 Å². The smallest absolute Gasteiger partial charge is 0.236 e. The van der Waals surface area contributed by atoms with Crippen molar-refractivity contribution in [1.29, 1.82) is 0 Å². The van der Waals surface area contributed by atoms with E-state index in [9.17, 15) is 8.42 Å². The van der Waals surface area contributed by atoms with Crippen molar-refractivity contribution in [2.45, 2.75) is 12.7 Å². The van der Waals surface area contributed by atoms with Crippen molar-refractivity contribution in [3.05, 3.63) is 48.2 Å². The van der Waals surface area contributed by atoms with Crippen LogP contribution in [-0.2, 0) is 15.8 Å². The summed E-state index contributed by atoms with van der Waals surface area (Å²) in [5.41, 5.74) is 1.20. The van der Waals surface area contributed by atoms with Gasteiger partial charge in [-0.25, -0.2) is 8.42 Å². The summed E-state index contributed by atoms with van der Waals surface area (Å²) in [6, 6.07) is 9.02. The van der Waals surface area contributed by atoms with Gasteiger partial charge in [0.15, 0.2) is 0 Å². The van der Waals surface area contributed by atoms with Crippen molar-refractivity contribution in [3.8, 4) is 0 Å². The lowest BCUT2D eigenvalue weighted by Crippen LogP contribution is -2.22. The van der Waals surface area contributed by atoms with Crippen molar-refractivity contribution in [2.75, 3.05) is 0 Å². The molecular weight excluding hydrogens is 198 g/mol. The van der Waals surface area contributed by atoms with Crippen molar-refractivity contribution >= 4 is 10.0 Å². The second-order valence-electron chi connectivity index (χ2n) is 3.13. The third kappa shape index (κ3) is 3.62. The molecule has 1 rings (SSSR count). The van der Waals surface area contributed by atoms with E-state index in [-0.39, 0.29) is 5.75 Å².